The molecule has 0 fully saturated rings. The molecule has 1 amide bonds. The van der Waals surface area contributed by atoms with Crippen molar-refractivity contribution in [1.29, 1.82) is 0 Å². The number of aromatic nitrogens is 4. The number of benzene rings is 2. The van der Waals surface area contributed by atoms with Gasteiger partial charge in [-0.2, -0.15) is 4.68 Å². The second-order valence-corrected chi connectivity index (χ2v) is 8.13. The molecule has 0 saturated heterocycles. The Morgan fingerprint density at radius 1 is 1.10 bits per heavy atom. The van der Waals surface area contributed by atoms with Crippen LogP contribution in [0.1, 0.15) is 18.1 Å². The Morgan fingerprint density at radius 2 is 1.83 bits per heavy atom. The lowest BCUT2D eigenvalue weighted by atomic mass is 10.1. The highest BCUT2D eigenvalue weighted by molar-refractivity contribution is 8.00. The van der Waals surface area contributed by atoms with Gasteiger partial charge >= 0.3 is 0 Å². The molecule has 150 valence electrons. The second-order valence-electron chi connectivity index (χ2n) is 6.83. The third-order valence-electron chi connectivity index (χ3n) is 4.35. The number of hydrogen-bond donors (Lipinski definition) is 1. The SMILES string of the molecule is Cc1cc(C)cc(-n2nnnc2S[C@@H](C)C(=O)Nc2ccc3c(c2)OCCO3)c1. The first-order valence-corrected chi connectivity index (χ1v) is 10.1. The van der Waals surface area contributed by atoms with E-state index < -0.39 is 5.25 Å². The van der Waals surface area contributed by atoms with Gasteiger partial charge in [-0.3, -0.25) is 4.79 Å². The highest BCUT2D eigenvalue weighted by Crippen LogP contribution is 2.33. The Hall–Kier alpha value is -3.07. The Morgan fingerprint density at radius 3 is 2.59 bits per heavy atom. The van der Waals surface area contributed by atoms with E-state index in [0.29, 0.717) is 35.6 Å². The minimum atomic E-state index is -0.404. The van der Waals surface area contributed by atoms with Crippen molar-refractivity contribution in [3.05, 3.63) is 47.5 Å². The highest BCUT2D eigenvalue weighted by Gasteiger charge is 2.20. The van der Waals surface area contributed by atoms with Gasteiger partial charge in [-0.15, -0.1) is 5.10 Å². The number of fused-ring (bicyclic) bond motifs is 1. The van der Waals surface area contributed by atoms with Crippen molar-refractivity contribution in [3.8, 4) is 17.2 Å². The van der Waals surface area contributed by atoms with Crippen LogP contribution in [0.4, 0.5) is 5.69 Å². The number of aryl methyl sites for hydroxylation is 2. The zero-order chi connectivity index (χ0) is 20.4. The average molecular weight is 411 g/mol. The lowest BCUT2D eigenvalue weighted by Crippen LogP contribution is -2.23. The molecule has 2 aromatic carbocycles. The summed E-state index contributed by atoms with van der Waals surface area (Å²) in [7, 11) is 0. The van der Waals surface area contributed by atoms with E-state index in [1.807, 2.05) is 32.9 Å². The maximum Gasteiger partial charge on any atom is 0.237 e. The van der Waals surface area contributed by atoms with Gasteiger partial charge in [-0.1, -0.05) is 17.8 Å². The summed E-state index contributed by atoms with van der Waals surface area (Å²) in [5, 5.41) is 15.0. The fourth-order valence-corrected chi connectivity index (χ4v) is 3.87. The highest BCUT2D eigenvalue weighted by atomic mass is 32.2. The van der Waals surface area contributed by atoms with Gasteiger partial charge in [-0.05, 0) is 66.6 Å². The Bertz CT molecular complexity index is 1030. The lowest BCUT2D eigenvalue weighted by molar-refractivity contribution is -0.115. The number of tetrazole rings is 1. The van der Waals surface area contributed by atoms with Crippen LogP contribution in [0, 0.1) is 13.8 Å². The summed E-state index contributed by atoms with van der Waals surface area (Å²) in [4.78, 5) is 12.7. The van der Waals surface area contributed by atoms with Gasteiger partial charge in [0.05, 0.1) is 10.9 Å². The lowest BCUT2D eigenvalue weighted by Gasteiger charge is -2.19. The fraction of sp³-hybridized carbons (Fsp3) is 0.300. The molecule has 29 heavy (non-hydrogen) atoms. The molecule has 1 aromatic heterocycles. The standard InChI is InChI=1S/C20H21N5O3S/c1-12-8-13(2)10-16(9-12)25-20(22-23-24-25)29-14(3)19(26)21-15-4-5-17-18(11-15)28-7-6-27-17/h4-5,8-11,14H,6-7H2,1-3H3,(H,21,26)/t14-/m0/s1. The molecule has 0 aliphatic carbocycles. The monoisotopic (exact) mass is 411 g/mol. The summed E-state index contributed by atoms with van der Waals surface area (Å²) in [6.07, 6.45) is 0. The zero-order valence-electron chi connectivity index (χ0n) is 16.4. The molecule has 0 spiro atoms. The Labute approximate surface area is 172 Å². The summed E-state index contributed by atoms with van der Waals surface area (Å²) >= 11 is 1.30. The van der Waals surface area contributed by atoms with E-state index in [1.54, 1.807) is 22.9 Å². The fourth-order valence-electron chi connectivity index (χ4n) is 3.06. The van der Waals surface area contributed by atoms with Crippen LogP contribution in [0.5, 0.6) is 11.5 Å². The Kier molecular flexibility index (Phi) is 5.39. The quantitative estimate of drug-likeness (QED) is 0.645. The van der Waals surface area contributed by atoms with E-state index in [2.05, 4.69) is 26.9 Å². The van der Waals surface area contributed by atoms with E-state index in [-0.39, 0.29) is 5.91 Å². The molecule has 4 rings (SSSR count). The van der Waals surface area contributed by atoms with E-state index in [0.717, 1.165) is 16.8 Å². The number of amides is 1. The number of hydrogen-bond acceptors (Lipinski definition) is 7. The second kappa shape index (κ2) is 8.12. The van der Waals surface area contributed by atoms with Crippen LogP contribution in [-0.2, 0) is 4.79 Å². The minimum Gasteiger partial charge on any atom is -0.486 e. The van der Waals surface area contributed by atoms with Gasteiger partial charge in [0.2, 0.25) is 11.1 Å². The molecule has 1 N–H and O–H groups in total. The predicted octanol–water partition coefficient (Wildman–Crippen LogP) is 3.17. The molecule has 0 saturated carbocycles. The van der Waals surface area contributed by atoms with Crippen molar-refractivity contribution in [2.24, 2.45) is 0 Å². The van der Waals surface area contributed by atoms with Crippen molar-refractivity contribution >= 4 is 23.4 Å². The first-order chi connectivity index (χ1) is 14.0. The number of nitrogens with one attached hydrogen (secondary N) is 1. The molecular weight excluding hydrogens is 390 g/mol. The van der Waals surface area contributed by atoms with Crippen LogP contribution in [0.2, 0.25) is 0 Å². The summed E-state index contributed by atoms with van der Waals surface area (Å²) in [6, 6.07) is 11.5. The van der Waals surface area contributed by atoms with Gasteiger partial charge in [0.25, 0.3) is 0 Å². The molecule has 2 heterocycles. The van der Waals surface area contributed by atoms with Crippen molar-refractivity contribution in [1.82, 2.24) is 20.2 Å². The third kappa shape index (κ3) is 4.34. The van der Waals surface area contributed by atoms with Crippen LogP contribution in [0.15, 0.2) is 41.6 Å². The summed E-state index contributed by atoms with van der Waals surface area (Å²) < 4.78 is 12.7. The van der Waals surface area contributed by atoms with Crippen LogP contribution < -0.4 is 14.8 Å². The van der Waals surface area contributed by atoms with E-state index in [1.165, 1.54) is 11.8 Å². The van der Waals surface area contributed by atoms with Crippen LogP contribution in [-0.4, -0.2) is 44.6 Å². The summed E-state index contributed by atoms with van der Waals surface area (Å²) in [6.45, 7) is 6.89. The molecule has 0 bridgehead atoms. The molecule has 0 radical (unpaired) electrons. The van der Waals surface area contributed by atoms with Gasteiger partial charge in [0.15, 0.2) is 11.5 Å². The number of rotatable bonds is 5. The number of carbonyl (C=O) groups excluding carboxylic acids is 1. The number of nitrogens with zero attached hydrogens (tertiary/aromatic N) is 4. The normalized spacial score (nSPS) is 13.8. The predicted molar refractivity (Wildman–Crippen MR) is 110 cm³/mol. The van der Waals surface area contributed by atoms with E-state index >= 15 is 0 Å². The van der Waals surface area contributed by atoms with Crippen molar-refractivity contribution in [2.75, 3.05) is 18.5 Å². The molecule has 1 atom stereocenters. The molecule has 1 aliphatic heterocycles. The number of ether oxygens (including phenoxy) is 2. The van der Waals surface area contributed by atoms with Crippen molar-refractivity contribution in [3.63, 3.8) is 0 Å². The van der Waals surface area contributed by atoms with Gasteiger partial charge in [0, 0.05) is 11.8 Å². The summed E-state index contributed by atoms with van der Waals surface area (Å²) in [5.74, 6) is 1.17. The Balaban J connectivity index is 1.46. The topological polar surface area (TPSA) is 91.2 Å². The molecule has 8 nitrogen and oxygen atoms in total. The van der Waals surface area contributed by atoms with E-state index in [4.69, 9.17) is 9.47 Å². The molecule has 9 heteroatoms. The van der Waals surface area contributed by atoms with Crippen LogP contribution in [0.3, 0.4) is 0 Å². The number of carbonyl (C=O) groups is 1. The zero-order valence-corrected chi connectivity index (χ0v) is 17.2. The molecular formula is C20H21N5O3S. The van der Waals surface area contributed by atoms with Crippen molar-refractivity contribution < 1.29 is 14.3 Å². The van der Waals surface area contributed by atoms with Gasteiger partial charge < -0.3 is 14.8 Å². The maximum absolute atomic E-state index is 12.7. The number of anilines is 1. The van der Waals surface area contributed by atoms with Crippen molar-refractivity contribution in [2.45, 2.75) is 31.2 Å². The van der Waals surface area contributed by atoms with Gasteiger partial charge in [0.1, 0.15) is 13.2 Å². The molecule has 1 aliphatic rings. The average Bonchev–Trinajstić information content (AvgIpc) is 3.15. The molecule has 3 aromatic rings. The smallest absolute Gasteiger partial charge is 0.237 e. The minimum absolute atomic E-state index is 0.151. The van der Waals surface area contributed by atoms with E-state index in [9.17, 15) is 4.79 Å². The summed E-state index contributed by atoms with van der Waals surface area (Å²) in [5.41, 5.74) is 3.77. The first-order valence-electron chi connectivity index (χ1n) is 9.24. The van der Waals surface area contributed by atoms with Crippen LogP contribution in [0.25, 0.3) is 5.69 Å². The molecule has 0 unspecified atom stereocenters. The first kappa shape index (κ1) is 19.3. The third-order valence-corrected chi connectivity index (χ3v) is 5.39. The van der Waals surface area contributed by atoms with Crippen LogP contribution >= 0.6 is 11.8 Å². The maximum atomic E-state index is 12.7. The van der Waals surface area contributed by atoms with Gasteiger partial charge in [-0.25, -0.2) is 0 Å². The largest absolute Gasteiger partial charge is 0.486 e. The number of thioether (sulfide) groups is 1.